The summed E-state index contributed by atoms with van der Waals surface area (Å²) in [5.74, 6) is 1.05. The van der Waals surface area contributed by atoms with Crippen LogP contribution in [0.5, 0.6) is 0 Å². The number of allylic oxidation sites excluding steroid dienone is 1. The molecule has 0 spiro atoms. The van der Waals surface area contributed by atoms with Gasteiger partial charge in [0.15, 0.2) is 5.58 Å². The average Bonchev–Trinajstić information content (AvgIpc) is 3.83. The van der Waals surface area contributed by atoms with Gasteiger partial charge in [-0.3, -0.25) is 0 Å². The SMILES string of the molecule is CN(CCOC(=O)NCCOCCOCCCCCCCl)c1cc2c(s1)-c1sc(/C=C(\C#N)c3nc4ccccc4o3)cc1C2(C)C. The molecule has 0 bridgehead atoms. The fraction of sp³-hybridized carbons (Fsp3) is 0.457. The number of hydrogen-bond acceptors (Lipinski definition) is 10. The van der Waals surface area contributed by atoms with E-state index in [4.69, 9.17) is 30.2 Å². The molecule has 1 aliphatic carbocycles. The number of alkyl carbamates (subject to hydrolysis) is 1. The van der Waals surface area contributed by atoms with Crippen LogP contribution in [0.1, 0.15) is 61.4 Å². The monoisotopic (exact) mass is 696 g/mol. The number of aromatic nitrogens is 1. The van der Waals surface area contributed by atoms with Crippen LogP contribution in [0.4, 0.5) is 9.80 Å². The molecule has 47 heavy (non-hydrogen) atoms. The maximum atomic E-state index is 12.1. The Morgan fingerprint density at radius 3 is 2.57 bits per heavy atom. The van der Waals surface area contributed by atoms with Gasteiger partial charge in [-0.1, -0.05) is 38.8 Å². The van der Waals surface area contributed by atoms with Crippen molar-refractivity contribution < 1.29 is 23.4 Å². The number of thiophene rings is 2. The number of likely N-dealkylation sites (N-methyl/N-ethyl adjacent to an activating group) is 1. The molecule has 1 aromatic carbocycles. The molecule has 0 unspecified atom stereocenters. The molecule has 5 rings (SSSR count). The quantitative estimate of drug-likeness (QED) is 0.0629. The van der Waals surface area contributed by atoms with Crippen molar-refractivity contribution in [2.45, 2.75) is 44.9 Å². The average molecular weight is 697 g/mol. The Labute approximate surface area is 289 Å². The molecule has 4 aromatic rings. The van der Waals surface area contributed by atoms with Crippen LogP contribution in [0.15, 0.2) is 40.8 Å². The van der Waals surface area contributed by atoms with Crippen molar-refractivity contribution in [3.8, 4) is 15.8 Å². The number of oxazole rings is 1. The zero-order valence-electron chi connectivity index (χ0n) is 27.1. The smallest absolute Gasteiger partial charge is 0.407 e. The van der Waals surface area contributed by atoms with E-state index in [1.807, 2.05) is 37.4 Å². The normalized spacial score (nSPS) is 13.4. The Balaban J connectivity index is 1.07. The molecule has 0 atom stereocenters. The molecule has 3 heterocycles. The van der Waals surface area contributed by atoms with E-state index in [0.29, 0.717) is 50.0 Å². The first kappa shape index (κ1) is 34.9. The van der Waals surface area contributed by atoms with Crippen LogP contribution in [0, 0.1) is 11.3 Å². The standard InChI is InChI=1S/C35H41ClN4O5S2/c1-35(2)26-21-25(20-24(23-37)33-39-28-10-6-7-11-29(28)45-33)46-31(26)32-27(35)22-30(47-32)40(3)14-17-44-34(41)38-13-16-43-19-18-42-15-9-5-4-8-12-36/h6-7,10-11,20-22H,4-5,8-9,12-19H2,1-3H3,(H,38,41)/b24-20+. The van der Waals surface area contributed by atoms with Crippen LogP contribution in [0.25, 0.3) is 32.5 Å². The Hall–Kier alpha value is -3.40. The second-order valence-electron chi connectivity index (χ2n) is 11.8. The predicted molar refractivity (Wildman–Crippen MR) is 191 cm³/mol. The van der Waals surface area contributed by atoms with E-state index in [1.165, 1.54) is 20.9 Å². The third-order valence-corrected chi connectivity index (χ3v) is 10.8. The summed E-state index contributed by atoms with van der Waals surface area (Å²) < 4.78 is 22.3. The number of nitriles is 1. The lowest BCUT2D eigenvalue weighted by Gasteiger charge is -2.20. The number of hydrogen-bond donors (Lipinski definition) is 1. The van der Waals surface area contributed by atoms with Gasteiger partial charge < -0.3 is 28.8 Å². The first-order chi connectivity index (χ1) is 22.8. The zero-order chi connectivity index (χ0) is 33.2. The topological polar surface area (TPSA) is 110 Å². The number of rotatable bonds is 18. The second kappa shape index (κ2) is 16.6. The lowest BCUT2D eigenvalue weighted by Crippen LogP contribution is -2.31. The third kappa shape index (κ3) is 8.75. The molecular weight excluding hydrogens is 656 g/mol. The van der Waals surface area contributed by atoms with Gasteiger partial charge in [0.1, 0.15) is 23.8 Å². The number of nitrogens with one attached hydrogen (secondary N) is 1. The zero-order valence-corrected chi connectivity index (χ0v) is 29.5. The Kier molecular flexibility index (Phi) is 12.3. The van der Waals surface area contributed by atoms with Crippen molar-refractivity contribution in [2.75, 3.05) is 64.0 Å². The summed E-state index contributed by atoms with van der Waals surface area (Å²) in [5.41, 5.74) is 4.14. The summed E-state index contributed by atoms with van der Waals surface area (Å²) in [7, 11) is 2.01. The van der Waals surface area contributed by atoms with E-state index in [9.17, 15) is 10.1 Å². The summed E-state index contributed by atoms with van der Waals surface area (Å²) in [6.07, 6.45) is 5.77. The number of halogens is 1. The van der Waals surface area contributed by atoms with Crippen LogP contribution in [-0.2, 0) is 19.6 Å². The summed E-state index contributed by atoms with van der Waals surface area (Å²) in [6, 6.07) is 14.2. The molecule has 0 saturated heterocycles. The lowest BCUT2D eigenvalue weighted by molar-refractivity contribution is 0.0469. The van der Waals surface area contributed by atoms with Crippen molar-refractivity contribution >= 4 is 68.1 Å². The number of anilines is 1. The Morgan fingerprint density at radius 2 is 1.79 bits per heavy atom. The molecule has 12 heteroatoms. The number of nitrogens with zero attached hydrogens (tertiary/aromatic N) is 3. The van der Waals surface area contributed by atoms with E-state index in [1.54, 1.807) is 22.7 Å². The minimum atomic E-state index is -0.455. The maximum Gasteiger partial charge on any atom is 0.407 e. The van der Waals surface area contributed by atoms with Crippen molar-refractivity contribution in [1.82, 2.24) is 10.3 Å². The van der Waals surface area contributed by atoms with Gasteiger partial charge in [-0.05, 0) is 54.3 Å². The minimum absolute atomic E-state index is 0.179. The molecule has 3 aromatic heterocycles. The first-order valence-electron chi connectivity index (χ1n) is 15.9. The van der Waals surface area contributed by atoms with Gasteiger partial charge in [-0.15, -0.1) is 34.3 Å². The molecule has 1 aliphatic rings. The number of ether oxygens (including phenoxy) is 3. The number of benzene rings is 1. The highest BCUT2D eigenvalue weighted by Crippen LogP contribution is 2.57. The van der Waals surface area contributed by atoms with Crippen LogP contribution in [-0.4, -0.2) is 70.1 Å². The third-order valence-electron chi connectivity index (χ3n) is 8.05. The maximum absolute atomic E-state index is 12.1. The Bertz CT molecular complexity index is 1690. The molecule has 9 nitrogen and oxygen atoms in total. The van der Waals surface area contributed by atoms with Crippen molar-refractivity contribution in [3.63, 3.8) is 0 Å². The number of alkyl halides is 1. The highest BCUT2D eigenvalue weighted by atomic mass is 35.5. The predicted octanol–water partition coefficient (Wildman–Crippen LogP) is 8.32. The molecule has 250 valence electrons. The summed E-state index contributed by atoms with van der Waals surface area (Å²) in [4.78, 5) is 22.2. The summed E-state index contributed by atoms with van der Waals surface area (Å²) >= 11 is 9.08. The van der Waals surface area contributed by atoms with E-state index in [2.05, 4.69) is 47.3 Å². The van der Waals surface area contributed by atoms with Gasteiger partial charge in [-0.2, -0.15) is 5.26 Å². The lowest BCUT2D eigenvalue weighted by atomic mass is 9.84. The Morgan fingerprint density at radius 1 is 1.04 bits per heavy atom. The highest BCUT2D eigenvalue weighted by molar-refractivity contribution is 7.25. The van der Waals surface area contributed by atoms with Gasteiger partial charge in [0, 0.05) is 41.2 Å². The number of carbonyl (C=O) groups excluding carboxylic acids is 1. The number of amides is 1. The number of para-hydroxylation sites is 2. The fourth-order valence-electron chi connectivity index (χ4n) is 5.37. The van der Waals surface area contributed by atoms with Crippen LogP contribution >= 0.6 is 34.3 Å². The molecule has 1 amide bonds. The fourth-order valence-corrected chi connectivity index (χ4v) is 8.28. The van der Waals surface area contributed by atoms with Crippen molar-refractivity contribution in [3.05, 3.63) is 58.3 Å². The van der Waals surface area contributed by atoms with Crippen LogP contribution in [0.3, 0.4) is 0 Å². The number of carbonyl (C=O) groups is 1. The minimum Gasteiger partial charge on any atom is -0.448 e. The first-order valence-corrected chi connectivity index (χ1v) is 18.1. The van der Waals surface area contributed by atoms with Gasteiger partial charge in [0.25, 0.3) is 0 Å². The van der Waals surface area contributed by atoms with Gasteiger partial charge in [0.2, 0.25) is 5.89 Å². The van der Waals surface area contributed by atoms with Gasteiger partial charge in [0.05, 0.1) is 36.2 Å². The molecule has 0 radical (unpaired) electrons. The van der Waals surface area contributed by atoms with E-state index in [0.717, 1.165) is 53.6 Å². The van der Waals surface area contributed by atoms with E-state index in [-0.39, 0.29) is 12.0 Å². The second-order valence-corrected chi connectivity index (χ2v) is 14.3. The number of fused-ring (bicyclic) bond motifs is 4. The molecular formula is C35H41ClN4O5S2. The largest absolute Gasteiger partial charge is 0.448 e. The van der Waals surface area contributed by atoms with Crippen LogP contribution < -0.4 is 10.2 Å². The van der Waals surface area contributed by atoms with Crippen LogP contribution in [0.2, 0.25) is 0 Å². The van der Waals surface area contributed by atoms with E-state index >= 15 is 0 Å². The summed E-state index contributed by atoms with van der Waals surface area (Å²) in [5, 5.41) is 13.7. The van der Waals surface area contributed by atoms with Gasteiger partial charge in [-0.25, -0.2) is 9.78 Å². The number of unbranched alkanes of at least 4 members (excludes halogenated alkanes) is 3. The summed E-state index contributed by atoms with van der Waals surface area (Å²) in [6.45, 7) is 7.85. The molecule has 0 fully saturated rings. The van der Waals surface area contributed by atoms with E-state index < -0.39 is 6.09 Å². The molecule has 1 N–H and O–H groups in total. The van der Waals surface area contributed by atoms with Crippen molar-refractivity contribution in [1.29, 1.82) is 5.26 Å². The van der Waals surface area contributed by atoms with Crippen molar-refractivity contribution in [2.24, 2.45) is 0 Å². The molecule has 0 aliphatic heterocycles. The highest BCUT2D eigenvalue weighted by Gasteiger charge is 2.39. The molecule has 0 saturated carbocycles. The van der Waals surface area contributed by atoms with Gasteiger partial charge >= 0.3 is 6.09 Å².